The molecule has 1 N–H and O–H groups in total. The van der Waals surface area contributed by atoms with E-state index in [1.807, 2.05) is 85.3 Å². The van der Waals surface area contributed by atoms with E-state index < -0.39 is 0 Å². The summed E-state index contributed by atoms with van der Waals surface area (Å²) in [5.74, 6) is 1.97. The van der Waals surface area contributed by atoms with E-state index in [1.54, 1.807) is 0 Å². The van der Waals surface area contributed by atoms with Crippen molar-refractivity contribution in [1.82, 2.24) is 14.8 Å². The molecule has 8 heteroatoms. The van der Waals surface area contributed by atoms with Crippen LogP contribution in [0.2, 0.25) is 0 Å². The van der Waals surface area contributed by atoms with Crippen LogP contribution in [0.4, 0.5) is 5.69 Å². The van der Waals surface area contributed by atoms with Gasteiger partial charge in [0.2, 0.25) is 5.91 Å². The fraction of sp³-hybridized carbons (Fsp3) is 0.208. The molecule has 32 heavy (non-hydrogen) atoms. The van der Waals surface area contributed by atoms with Gasteiger partial charge in [-0.3, -0.25) is 4.79 Å². The molecule has 162 valence electrons. The van der Waals surface area contributed by atoms with Crippen LogP contribution in [0.1, 0.15) is 18.9 Å². The van der Waals surface area contributed by atoms with E-state index in [1.165, 1.54) is 11.8 Å². The van der Waals surface area contributed by atoms with Crippen LogP contribution in [-0.2, 0) is 11.8 Å². The SMILES string of the molecule is C[C@@H](Sc1nnc([C@@H]2COc3ccccc3O2)n1C)C(=O)Nc1ccc2ccccc2c1. The molecule has 2 heterocycles. The molecule has 7 nitrogen and oxygen atoms in total. The molecule has 2 atom stereocenters. The van der Waals surface area contributed by atoms with Gasteiger partial charge in [-0.15, -0.1) is 10.2 Å². The van der Waals surface area contributed by atoms with Crippen LogP contribution < -0.4 is 14.8 Å². The number of para-hydroxylation sites is 2. The number of hydrogen-bond donors (Lipinski definition) is 1. The van der Waals surface area contributed by atoms with Crippen molar-refractivity contribution in [1.29, 1.82) is 0 Å². The number of benzene rings is 3. The fourth-order valence-corrected chi connectivity index (χ4v) is 4.40. The summed E-state index contributed by atoms with van der Waals surface area (Å²) >= 11 is 1.35. The minimum Gasteiger partial charge on any atom is -0.485 e. The Balaban J connectivity index is 1.26. The quantitative estimate of drug-likeness (QED) is 0.452. The fourth-order valence-electron chi connectivity index (χ4n) is 3.58. The number of anilines is 1. The third kappa shape index (κ3) is 4.01. The van der Waals surface area contributed by atoms with Crippen molar-refractivity contribution < 1.29 is 14.3 Å². The molecule has 0 radical (unpaired) electrons. The number of nitrogens with one attached hydrogen (secondary N) is 1. The summed E-state index contributed by atoms with van der Waals surface area (Å²) in [6, 6.07) is 21.5. The molecule has 1 aromatic heterocycles. The second-order valence-corrected chi connectivity index (χ2v) is 8.88. The van der Waals surface area contributed by atoms with Crippen LogP contribution in [0.5, 0.6) is 11.5 Å². The molecule has 0 saturated heterocycles. The largest absolute Gasteiger partial charge is 0.485 e. The van der Waals surface area contributed by atoms with Crippen LogP contribution in [-0.4, -0.2) is 32.5 Å². The molecule has 0 bridgehead atoms. The summed E-state index contributed by atoms with van der Waals surface area (Å²) in [5, 5.41) is 14.1. The van der Waals surface area contributed by atoms with Gasteiger partial charge in [0.1, 0.15) is 6.61 Å². The number of nitrogens with zero attached hydrogens (tertiary/aromatic N) is 3. The van der Waals surface area contributed by atoms with Gasteiger partial charge in [0.15, 0.2) is 28.6 Å². The first-order chi connectivity index (χ1) is 15.6. The Bertz CT molecular complexity index is 1290. The van der Waals surface area contributed by atoms with E-state index in [0.29, 0.717) is 23.3 Å². The van der Waals surface area contributed by atoms with Crippen LogP contribution in [0.3, 0.4) is 0 Å². The number of amides is 1. The summed E-state index contributed by atoms with van der Waals surface area (Å²) in [4.78, 5) is 12.8. The monoisotopic (exact) mass is 446 g/mol. The summed E-state index contributed by atoms with van der Waals surface area (Å²) in [7, 11) is 1.87. The first kappa shape index (κ1) is 20.4. The number of rotatable bonds is 5. The van der Waals surface area contributed by atoms with Gasteiger partial charge in [0, 0.05) is 12.7 Å². The van der Waals surface area contributed by atoms with E-state index in [-0.39, 0.29) is 17.3 Å². The normalized spacial score (nSPS) is 16.0. The Morgan fingerprint density at radius 1 is 1.06 bits per heavy atom. The van der Waals surface area contributed by atoms with Crippen molar-refractivity contribution in [2.75, 3.05) is 11.9 Å². The topological polar surface area (TPSA) is 78.3 Å². The van der Waals surface area contributed by atoms with Gasteiger partial charge in [0.05, 0.1) is 5.25 Å². The van der Waals surface area contributed by atoms with Gasteiger partial charge in [0.25, 0.3) is 0 Å². The zero-order valence-electron chi connectivity index (χ0n) is 17.7. The van der Waals surface area contributed by atoms with Gasteiger partial charge in [-0.2, -0.15) is 0 Å². The Hall–Kier alpha value is -3.52. The number of fused-ring (bicyclic) bond motifs is 2. The molecule has 4 aromatic rings. The molecule has 3 aromatic carbocycles. The lowest BCUT2D eigenvalue weighted by Crippen LogP contribution is -2.25. The molecule has 1 amide bonds. The van der Waals surface area contributed by atoms with Crippen LogP contribution in [0.25, 0.3) is 10.8 Å². The van der Waals surface area contributed by atoms with Gasteiger partial charge in [-0.25, -0.2) is 0 Å². The van der Waals surface area contributed by atoms with Crippen molar-refractivity contribution in [3.05, 3.63) is 72.6 Å². The van der Waals surface area contributed by atoms with Crippen LogP contribution >= 0.6 is 11.8 Å². The predicted molar refractivity (Wildman–Crippen MR) is 124 cm³/mol. The molecule has 0 saturated carbocycles. The predicted octanol–water partition coefficient (Wildman–Crippen LogP) is 4.60. The third-order valence-corrected chi connectivity index (χ3v) is 6.47. The average molecular weight is 447 g/mol. The molecular weight excluding hydrogens is 424 g/mol. The molecule has 1 aliphatic rings. The maximum absolute atomic E-state index is 12.8. The smallest absolute Gasteiger partial charge is 0.237 e. The Labute approximate surface area is 189 Å². The van der Waals surface area contributed by atoms with Crippen molar-refractivity contribution in [3.63, 3.8) is 0 Å². The molecular formula is C24H22N4O3S. The number of ether oxygens (including phenoxy) is 2. The van der Waals surface area contributed by atoms with E-state index in [9.17, 15) is 4.79 Å². The van der Waals surface area contributed by atoms with Gasteiger partial charge < -0.3 is 19.4 Å². The Kier molecular flexibility index (Phi) is 5.45. The summed E-state index contributed by atoms with van der Waals surface area (Å²) in [6.07, 6.45) is -0.363. The minimum absolute atomic E-state index is 0.0963. The van der Waals surface area contributed by atoms with Crippen molar-refractivity contribution in [2.45, 2.75) is 23.4 Å². The van der Waals surface area contributed by atoms with Gasteiger partial charge >= 0.3 is 0 Å². The van der Waals surface area contributed by atoms with Crippen LogP contribution in [0.15, 0.2) is 71.9 Å². The zero-order chi connectivity index (χ0) is 22.1. The highest BCUT2D eigenvalue weighted by molar-refractivity contribution is 8.00. The highest BCUT2D eigenvalue weighted by Gasteiger charge is 2.28. The maximum atomic E-state index is 12.8. The second-order valence-electron chi connectivity index (χ2n) is 7.58. The third-order valence-electron chi connectivity index (χ3n) is 5.33. The van der Waals surface area contributed by atoms with Crippen molar-refractivity contribution >= 4 is 34.1 Å². The summed E-state index contributed by atoms with van der Waals surface area (Å²) < 4.78 is 13.7. The van der Waals surface area contributed by atoms with E-state index in [2.05, 4.69) is 15.5 Å². The summed E-state index contributed by atoms with van der Waals surface area (Å²) in [6.45, 7) is 2.21. The van der Waals surface area contributed by atoms with Crippen molar-refractivity contribution in [3.8, 4) is 11.5 Å². The standard InChI is InChI=1S/C24H22N4O3S/c1-15(23(29)25-18-12-11-16-7-3-4-8-17(16)13-18)32-24-27-26-22(28(24)2)21-14-30-19-9-5-6-10-20(19)31-21/h3-13,15,21H,14H2,1-2H3,(H,25,29)/t15-,21+/m1/s1. The first-order valence-corrected chi connectivity index (χ1v) is 11.2. The number of carbonyl (C=O) groups is 1. The van der Waals surface area contributed by atoms with E-state index in [4.69, 9.17) is 9.47 Å². The first-order valence-electron chi connectivity index (χ1n) is 10.3. The Morgan fingerprint density at radius 3 is 2.66 bits per heavy atom. The molecule has 0 fully saturated rings. The molecule has 0 spiro atoms. The lowest BCUT2D eigenvalue weighted by molar-refractivity contribution is -0.115. The molecule has 1 aliphatic heterocycles. The molecule has 0 unspecified atom stereocenters. The highest BCUT2D eigenvalue weighted by atomic mass is 32.2. The second kappa shape index (κ2) is 8.55. The lowest BCUT2D eigenvalue weighted by Gasteiger charge is -2.25. The summed E-state index contributed by atoms with van der Waals surface area (Å²) in [5.41, 5.74) is 0.770. The molecule has 0 aliphatic carbocycles. The van der Waals surface area contributed by atoms with E-state index in [0.717, 1.165) is 22.2 Å². The number of hydrogen-bond acceptors (Lipinski definition) is 6. The number of carbonyl (C=O) groups excluding carboxylic acids is 1. The number of aromatic nitrogens is 3. The Morgan fingerprint density at radius 2 is 1.81 bits per heavy atom. The number of thioether (sulfide) groups is 1. The van der Waals surface area contributed by atoms with Crippen LogP contribution in [0, 0.1) is 0 Å². The zero-order valence-corrected chi connectivity index (χ0v) is 18.5. The van der Waals surface area contributed by atoms with Gasteiger partial charge in [-0.05, 0) is 42.0 Å². The van der Waals surface area contributed by atoms with E-state index >= 15 is 0 Å². The van der Waals surface area contributed by atoms with Crippen molar-refractivity contribution in [2.24, 2.45) is 7.05 Å². The minimum atomic E-state index is -0.363. The lowest BCUT2D eigenvalue weighted by atomic mass is 10.1. The molecule has 5 rings (SSSR count). The van der Waals surface area contributed by atoms with Gasteiger partial charge in [-0.1, -0.05) is 54.2 Å². The average Bonchev–Trinajstić information content (AvgIpc) is 3.18. The highest BCUT2D eigenvalue weighted by Crippen LogP contribution is 2.36. The maximum Gasteiger partial charge on any atom is 0.237 e.